The molecule has 0 bridgehead atoms. The molecular formula is C13H8F7N. The van der Waals surface area contributed by atoms with Crippen molar-refractivity contribution in [2.24, 2.45) is 0 Å². The van der Waals surface area contributed by atoms with Gasteiger partial charge in [-0.05, 0) is 24.6 Å². The third kappa shape index (κ3) is 3.37. The molecule has 114 valence electrons. The highest BCUT2D eigenvalue weighted by Gasteiger charge is 2.35. The van der Waals surface area contributed by atoms with Gasteiger partial charge in [0.2, 0.25) is 0 Å². The fourth-order valence-electron chi connectivity index (χ4n) is 1.82. The molecule has 2 rings (SSSR count). The monoisotopic (exact) mass is 311 g/mol. The minimum atomic E-state index is -4.66. The van der Waals surface area contributed by atoms with E-state index >= 15 is 0 Å². The van der Waals surface area contributed by atoms with Gasteiger partial charge in [0.15, 0.2) is 0 Å². The highest BCUT2D eigenvalue weighted by atomic mass is 19.4. The van der Waals surface area contributed by atoms with Crippen LogP contribution >= 0.6 is 0 Å². The van der Waals surface area contributed by atoms with Crippen molar-refractivity contribution in [2.45, 2.75) is 18.8 Å². The van der Waals surface area contributed by atoms with Crippen LogP contribution in [0.2, 0.25) is 0 Å². The van der Waals surface area contributed by atoms with Crippen molar-refractivity contribution in [1.29, 1.82) is 0 Å². The van der Waals surface area contributed by atoms with Crippen LogP contribution < -0.4 is 5.32 Å². The maximum Gasteiger partial charge on any atom is 0.417 e. The SMILES string of the molecule is FC1=CC(C(F)(F)F)=CCC1=C1C=CC(C(F)(F)F)=CN1. The van der Waals surface area contributed by atoms with E-state index < -0.39 is 29.3 Å². The largest absolute Gasteiger partial charge is 0.417 e. The summed E-state index contributed by atoms with van der Waals surface area (Å²) >= 11 is 0. The minimum Gasteiger partial charge on any atom is -0.361 e. The highest BCUT2D eigenvalue weighted by molar-refractivity contribution is 5.48. The summed E-state index contributed by atoms with van der Waals surface area (Å²) in [7, 11) is 0. The number of rotatable bonds is 0. The Hall–Kier alpha value is -1.99. The molecule has 0 aromatic carbocycles. The van der Waals surface area contributed by atoms with Crippen molar-refractivity contribution in [2.75, 3.05) is 0 Å². The van der Waals surface area contributed by atoms with Crippen LogP contribution in [-0.2, 0) is 0 Å². The van der Waals surface area contributed by atoms with E-state index in [2.05, 4.69) is 5.32 Å². The van der Waals surface area contributed by atoms with Crippen LogP contribution in [-0.4, -0.2) is 12.4 Å². The van der Waals surface area contributed by atoms with E-state index in [1.165, 1.54) is 0 Å². The normalized spacial score (nSPS) is 23.3. The molecule has 1 aliphatic carbocycles. The fraction of sp³-hybridized carbons (Fsp3) is 0.231. The van der Waals surface area contributed by atoms with E-state index in [1.807, 2.05) is 0 Å². The molecule has 8 heteroatoms. The molecule has 0 saturated heterocycles. The average molecular weight is 311 g/mol. The summed E-state index contributed by atoms with van der Waals surface area (Å²) in [5, 5.41) is 2.25. The average Bonchev–Trinajstić information content (AvgIpc) is 2.36. The van der Waals surface area contributed by atoms with Gasteiger partial charge in [-0.3, -0.25) is 0 Å². The Balaban J connectivity index is 2.24. The smallest absolute Gasteiger partial charge is 0.361 e. The molecule has 0 atom stereocenters. The molecule has 0 unspecified atom stereocenters. The third-order valence-corrected chi connectivity index (χ3v) is 2.89. The molecule has 0 amide bonds. The lowest BCUT2D eigenvalue weighted by molar-refractivity contribution is -0.0896. The first kappa shape index (κ1) is 15.4. The highest BCUT2D eigenvalue weighted by Crippen LogP contribution is 2.36. The quantitative estimate of drug-likeness (QED) is 0.645. The second-order valence-electron chi connectivity index (χ2n) is 4.32. The molecule has 0 fully saturated rings. The summed E-state index contributed by atoms with van der Waals surface area (Å²) in [4.78, 5) is 0. The van der Waals surface area contributed by atoms with Gasteiger partial charge in [0.25, 0.3) is 0 Å². The zero-order chi connectivity index (χ0) is 15.8. The Morgan fingerprint density at radius 1 is 0.905 bits per heavy atom. The molecular weight excluding hydrogens is 303 g/mol. The summed E-state index contributed by atoms with van der Waals surface area (Å²) in [6.45, 7) is 0. The van der Waals surface area contributed by atoms with Gasteiger partial charge >= 0.3 is 12.4 Å². The van der Waals surface area contributed by atoms with Gasteiger partial charge in [-0.1, -0.05) is 6.08 Å². The lowest BCUT2D eigenvalue weighted by Crippen LogP contribution is -2.19. The van der Waals surface area contributed by atoms with E-state index in [1.54, 1.807) is 0 Å². The molecule has 0 radical (unpaired) electrons. The zero-order valence-electron chi connectivity index (χ0n) is 10.2. The van der Waals surface area contributed by atoms with Crippen LogP contribution in [0.3, 0.4) is 0 Å². The number of dihydropyridines is 1. The van der Waals surface area contributed by atoms with E-state index in [0.717, 1.165) is 18.2 Å². The van der Waals surface area contributed by atoms with Gasteiger partial charge < -0.3 is 5.32 Å². The van der Waals surface area contributed by atoms with Gasteiger partial charge in [0.1, 0.15) is 5.83 Å². The number of nitrogens with one attached hydrogen (secondary N) is 1. The summed E-state index contributed by atoms with van der Waals surface area (Å²) < 4.78 is 88.0. The van der Waals surface area contributed by atoms with Crippen LogP contribution in [0, 0.1) is 0 Å². The molecule has 1 N–H and O–H groups in total. The first-order valence-electron chi connectivity index (χ1n) is 5.69. The Labute approximate surface area is 114 Å². The maximum absolute atomic E-state index is 13.7. The summed E-state index contributed by atoms with van der Waals surface area (Å²) in [5.74, 6) is -1.12. The van der Waals surface area contributed by atoms with E-state index in [9.17, 15) is 30.7 Å². The zero-order valence-corrected chi connectivity index (χ0v) is 10.2. The molecule has 0 aromatic rings. The summed E-state index contributed by atoms with van der Waals surface area (Å²) in [6.07, 6.45) is -6.12. The number of halogens is 7. The second kappa shape index (κ2) is 5.09. The van der Waals surface area contributed by atoms with Gasteiger partial charge in [0, 0.05) is 17.5 Å². The van der Waals surface area contributed by atoms with Crippen LogP contribution in [0.4, 0.5) is 30.7 Å². The number of allylic oxidation sites excluding steroid dienone is 8. The first-order chi connectivity index (χ1) is 9.59. The molecule has 1 heterocycles. The van der Waals surface area contributed by atoms with Gasteiger partial charge in [0.05, 0.1) is 11.1 Å². The summed E-state index contributed by atoms with van der Waals surface area (Å²) in [6, 6.07) is 0. The van der Waals surface area contributed by atoms with Gasteiger partial charge in [-0.15, -0.1) is 0 Å². The summed E-state index contributed by atoms with van der Waals surface area (Å²) in [5.41, 5.74) is -2.21. The topological polar surface area (TPSA) is 12.0 Å². The van der Waals surface area contributed by atoms with E-state index in [0.29, 0.717) is 12.3 Å². The molecule has 1 nitrogen and oxygen atoms in total. The van der Waals surface area contributed by atoms with Crippen molar-refractivity contribution in [1.82, 2.24) is 5.32 Å². The van der Waals surface area contributed by atoms with Crippen molar-refractivity contribution in [3.05, 3.63) is 58.7 Å². The number of alkyl halides is 6. The maximum atomic E-state index is 13.7. The van der Waals surface area contributed by atoms with Crippen LogP contribution in [0.5, 0.6) is 0 Å². The Bertz CT molecular complexity index is 597. The predicted octanol–water partition coefficient (Wildman–Crippen LogP) is 4.59. The Morgan fingerprint density at radius 2 is 1.52 bits per heavy atom. The van der Waals surface area contributed by atoms with Gasteiger partial charge in [-0.25, -0.2) is 4.39 Å². The van der Waals surface area contributed by atoms with Crippen LogP contribution in [0.25, 0.3) is 0 Å². The Morgan fingerprint density at radius 3 is 1.95 bits per heavy atom. The Kier molecular flexibility index (Phi) is 3.73. The third-order valence-electron chi connectivity index (χ3n) is 2.89. The van der Waals surface area contributed by atoms with Crippen molar-refractivity contribution < 1.29 is 30.7 Å². The van der Waals surface area contributed by atoms with Crippen LogP contribution in [0.15, 0.2) is 58.7 Å². The second-order valence-corrected chi connectivity index (χ2v) is 4.32. The van der Waals surface area contributed by atoms with Crippen molar-refractivity contribution in [3.63, 3.8) is 0 Å². The molecule has 0 aromatic heterocycles. The molecule has 2 aliphatic rings. The minimum absolute atomic E-state index is 0.00535. The van der Waals surface area contributed by atoms with Crippen molar-refractivity contribution >= 4 is 0 Å². The number of hydrogen-bond acceptors (Lipinski definition) is 1. The molecule has 21 heavy (non-hydrogen) atoms. The number of hydrogen-bond donors (Lipinski definition) is 1. The molecule has 0 spiro atoms. The lowest BCUT2D eigenvalue weighted by Gasteiger charge is -2.19. The molecule has 0 saturated carbocycles. The molecule has 1 aliphatic heterocycles. The fourth-order valence-corrected chi connectivity index (χ4v) is 1.82. The van der Waals surface area contributed by atoms with E-state index in [4.69, 9.17) is 0 Å². The van der Waals surface area contributed by atoms with Crippen molar-refractivity contribution in [3.8, 4) is 0 Å². The lowest BCUT2D eigenvalue weighted by atomic mass is 9.97. The van der Waals surface area contributed by atoms with E-state index in [-0.39, 0.29) is 17.7 Å². The van der Waals surface area contributed by atoms with Gasteiger partial charge in [-0.2, -0.15) is 26.3 Å². The standard InChI is InChI=1S/C13H8F7N/c14-10-5-7(12(15,16)17)1-3-9(10)11-4-2-8(6-21-11)13(18,19)20/h1-2,4-6,21H,3H2. The first-order valence-corrected chi connectivity index (χ1v) is 5.69. The predicted molar refractivity (Wildman–Crippen MR) is 61.4 cm³/mol. The van der Waals surface area contributed by atoms with Crippen LogP contribution in [0.1, 0.15) is 6.42 Å².